The minimum Gasteiger partial charge on any atom is -0.375 e. The largest absolute Gasteiger partial charge is 0.375 e. The summed E-state index contributed by atoms with van der Waals surface area (Å²) >= 11 is 1.17. The lowest BCUT2D eigenvalue weighted by Gasteiger charge is -2.10. The number of nitrogen functional groups attached to an aromatic ring is 1. The number of aromatic nitrogens is 1. The molecule has 1 unspecified atom stereocenters. The fourth-order valence-corrected chi connectivity index (χ4v) is 2.50. The van der Waals surface area contributed by atoms with Gasteiger partial charge in [0.05, 0.1) is 5.69 Å². The molecule has 1 atom stereocenters. The standard InChI is InChI=1S/C10H14N4O2S/c1-5-8(17-10(11)13-5)9(16)12-4-6-2-3-7(15)14-6/h6H,2-4H2,1H3,(H2,11,13)(H,12,16)(H,14,15). The first-order valence-corrected chi connectivity index (χ1v) is 6.18. The molecule has 0 spiro atoms. The van der Waals surface area contributed by atoms with Gasteiger partial charge in [-0.25, -0.2) is 4.98 Å². The first-order valence-electron chi connectivity index (χ1n) is 5.36. The van der Waals surface area contributed by atoms with Gasteiger partial charge in [0.25, 0.3) is 5.91 Å². The summed E-state index contributed by atoms with van der Waals surface area (Å²) in [5.41, 5.74) is 6.16. The van der Waals surface area contributed by atoms with Gasteiger partial charge in [0.2, 0.25) is 5.91 Å². The van der Waals surface area contributed by atoms with E-state index >= 15 is 0 Å². The monoisotopic (exact) mass is 254 g/mol. The van der Waals surface area contributed by atoms with Crippen LogP contribution in [0.25, 0.3) is 0 Å². The van der Waals surface area contributed by atoms with Gasteiger partial charge in [-0.15, -0.1) is 0 Å². The van der Waals surface area contributed by atoms with Gasteiger partial charge in [0.15, 0.2) is 5.13 Å². The summed E-state index contributed by atoms with van der Waals surface area (Å²) in [5, 5.41) is 5.96. The molecule has 1 aliphatic heterocycles. The number of carbonyl (C=O) groups is 2. The van der Waals surface area contributed by atoms with Gasteiger partial charge in [-0.2, -0.15) is 0 Å². The predicted molar refractivity (Wildman–Crippen MR) is 64.8 cm³/mol. The molecule has 0 bridgehead atoms. The molecule has 2 rings (SSSR count). The SMILES string of the molecule is Cc1nc(N)sc1C(=O)NCC1CCC(=O)N1. The zero-order valence-electron chi connectivity index (χ0n) is 9.45. The molecule has 1 saturated heterocycles. The Balaban J connectivity index is 1.89. The van der Waals surface area contributed by atoms with Crippen LogP contribution >= 0.6 is 11.3 Å². The second-order valence-electron chi connectivity index (χ2n) is 3.98. The van der Waals surface area contributed by atoms with Crippen LogP contribution in [0.3, 0.4) is 0 Å². The van der Waals surface area contributed by atoms with E-state index in [1.165, 1.54) is 11.3 Å². The molecule has 7 heteroatoms. The maximum Gasteiger partial charge on any atom is 0.263 e. The van der Waals surface area contributed by atoms with Crippen molar-refractivity contribution in [2.45, 2.75) is 25.8 Å². The molecular formula is C10H14N4O2S. The average Bonchev–Trinajstić information content (AvgIpc) is 2.81. The van der Waals surface area contributed by atoms with E-state index in [1.807, 2.05) is 0 Å². The number of hydrogen-bond donors (Lipinski definition) is 3. The molecule has 92 valence electrons. The van der Waals surface area contributed by atoms with Crippen LogP contribution in [0.2, 0.25) is 0 Å². The second-order valence-corrected chi connectivity index (χ2v) is 5.01. The maximum atomic E-state index is 11.8. The minimum absolute atomic E-state index is 0.0389. The van der Waals surface area contributed by atoms with E-state index in [4.69, 9.17) is 5.73 Å². The highest BCUT2D eigenvalue weighted by molar-refractivity contribution is 7.17. The third kappa shape index (κ3) is 2.73. The lowest BCUT2D eigenvalue weighted by molar-refractivity contribution is -0.119. The van der Waals surface area contributed by atoms with Gasteiger partial charge < -0.3 is 16.4 Å². The van der Waals surface area contributed by atoms with Crippen molar-refractivity contribution in [3.63, 3.8) is 0 Å². The van der Waals surface area contributed by atoms with Crippen molar-refractivity contribution in [1.82, 2.24) is 15.6 Å². The fourth-order valence-electron chi connectivity index (χ4n) is 1.75. The quantitative estimate of drug-likeness (QED) is 0.709. The molecule has 2 heterocycles. The summed E-state index contributed by atoms with van der Waals surface area (Å²) in [7, 11) is 0. The fraction of sp³-hybridized carbons (Fsp3) is 0.500. The summed E-state index contributed by atoms with van der Waals surface area (Å²) in [4.78, 5) is 27.3. The van der Waals surface area contributed by atoms with Crippen LogP contribution in [0.15, 0.2) is 0 Å². The number of nitrogens with two attached hydrogens (primary N) is 1. The molecule has 0 aromatic carbocycles. The van der Waals surface area contributed by atoms with Crippen LogP contribution in [0, 0.1) is 6.92 Å². The average molecular weight is 254 g/mol. The van der Waals surface area contributed by atoms with E-state index in [2.05, 4.69) is 15.6 Å². The summed E-state index contributed by atoms with van der Waals surface area (Å²) < 4.78 is 0. The Labute approximate surface area is 103 Å². The molecule has 0 aliphatic carbocycles. The lowest BCUT2D eigenvalue weighted by atomic mass is 10.2. The predicted octanol–water partition coefficient (Wildman–Crippen LogP) is 0.0421. The van der Waals surface area contributed by atoms with E-state index in [1.54, 1.807) is 6.92 Å². The zero-order valence-corrected chi connectivity index (χ0v) is 10.3. The van der Waals surface area contributed by atoms with Gasteiger partial charge in [0, 0.05) is 19.0 Å². The van der Waals surface area contributed by atoms with Gasteiger partial charge in [-0.05, 0) is 13.3 Å². The highest BCUT2D eigenvalue weighted by Crippen LogP contribution is 2.19. The molecule has 1 fully saturated rings. The molecule has 4 N–H and O–H groups in total. The number of amides is 2. The van der Waals surface area contributed by atoms with E-state index in [-0.39, 0.29) is 17.9 Å². The van der Waals surface area contributed by atoms with Crippen LogP contribution in [-0.2, 0) is 4.79 Å². The van der Waals surface area contributed by atoms with Crippen LogP contribution in [-0.4, -0.2) is 29.4 Å². The molecule has 2 amide bonds. The summed E-state index contributed by atoms with van der Waals surface area (Å²) in [6, 6.07) is 0.0389. The zero-order chi connectivity index (χ0) is 12.4. The molecule has 0 saturated carbocycles. The number of hydrogen-bond acceptors (Lipinski definition) is 5. The number of nitrogens with one attached hydrogen (secondary N) is 2. The molecule has 0 radical (unpaired) electrons. The Morgan fingerprint density at radius 1 is 1.71 bits per heavy atom. The number of aryl methyl sites for hydroxylation is 1. The van der Waals surface area contributed by atoms with Gasteiger partial charge >= 0.3 is 0 Å². The number of carbonyl (C=O) groups excluding carboxylic acids is 2. The Kier molecular flexibility index (Phi) is 3.28. The van der Waals surface area contributed by atoms with Crippen molar-refractivity contribution in [1.29, 1.82) is 0 Å². The van der Waals surface area contributed by atoms with Gasteiger partial charge in [0.1, 0.15) is 4.88 Å². The van der Waals surface area contributed by atoms with Crippen molar-refractivity contribution >= 4 is 28.3 Å². The highest BCUT2D eigenvalue weighted by Gasteiger charge is 2.22. The van der Waals surface area contributed by atoms with Gasteiger partial charge in [-0.3, -0.25) is 9.59 Å². The van der Waals surface area contributed by atoms with E-state index in [0.29, 0.717) is 28.7 Å². The van der Waals surface area contributed by atoms with Crippen molar-refractivity contribution in [3.8, 4) is 0 Å². The smallest absolute Gasteiger partial charge is 0.263 e. The molecule has 6 nitrogen and oxygen atoms in total. The first kappa shape index (κ1) is 11.8. The number of anilines is 1. The Morgan fingerprint density at radius 2 is 2.47 bits per heavy atom. The highest BCUT2D eigenvalue weighted by atomic mass is 32.1. The van der Waals surface area contributed by atoms with Crippen molar-refractivity contribution in [2.24, 2.45) is 0 Å². The molecule has 1 aromatic heterocycles. The summed E-state index contributed by atoms with van der Waals surface area (Å²) in [6.07, 6.45) is 1.30. The van der Waals surface area contributed by atoms with Crippen LogP contribution in [0.1, 0.15) is 28.2 Å². The number of rotatable bonds is 3. The van der Waals surface area contributed by atoms with Gasteiger partial charge in [-0.1, -0.05) is 11.3 Å². The van der Waals surface area contributed by atoms with E-state index in [0.717, 1.165) is 6.42 Å². The van der Waals surface area contributed by atoms with Crippen LogP contribution < -0.4 is 16.4 Å². The summed E-state index contributed by atoms with van der Waals surface area (Å²) in [5.74, 6) is -0.139. The Hall–Kier alpha value is -1.63. The first-order chi connectivity index (χ1) is 8.06. The molecule has 1 aromatic rings. The molecule has 1 aliphatic rings. The normalized spacial score (nSPS) is 19.1. The van der Waals surface area contributed by atoms with E-state index < -0.39 is 0 Å². The molecule has 17 heavy (non-hydrogen) atoms. The van der Waals surface area contributed by atoms with Crippen molar-refractivity contribution in [2.75, 3.05) is 12.3 Å². The third-order valence-electron chi connectivity index (χ3n) is 2.61. The second kappa shape index (κ2) is 4.70. The summed E-state index contributed by atoms with van der Waals surface area (Å²) in [6.45, 7) is 2.20. The number of nitrogens with zero attached hydrogens (tertiary/aromatic N) is 1. The minimum atomic E-state index is -0.183. The molecular weight excluding hydrogens is 240 g/mol. The van der Waals surface area contributed by atoms with E-state index in [9.17, 15) is 9.59 Å². The maximum absolute atomic E-state index is 11.8. The van der Waals surface area contributed by atoms with Crippen LogP contribution in [0.4, 0.5) is 5.13 Å². The van der Waals surface area contributed by atoms with Crippen LogP contribution in [0.5, 0.6) is 0 Å². The Bertz CT molecular complexity index is 457. The van der Waals surface area contributed by atoms with Crippen molar-refractivity contribution < 1.29 is 9.59 Å². The topological polar surface area (TPSA) is 97.1 Å². The lowest BCUT2D eigenvalue weighted by Crippen LogP contribution is -2.38. The van der Waals surface area contributed by atoms with Crippen molar-refractivity contribution in [3.05, 3.63) is 10.6 Å². The number of thiazole rings is 1. The Morgan fingerprint density at radius 3 is 3.00 bits per heavy atom. The third-order valence-corrected chi connectivity index (χ3v) is 3.60.